The second-order valence-electron chi connectivity index (χ2n) is 4.97. The zero-order valence-corrected chi connectivity index (χ0v) is 11.9. The molecule has 1 amide bonds. The number of carbonyl (C=O) groups excluding carboxylic acids is 1. The summed E-state index contributed by atoms with van der Waals surface area (Å²) in [4.78, 5) is 25.5. The fraction of sp³-hybridized carbons (Fsp3) is 0.250. The maximum atomic E-state index is 11.9. The van der Waals surface area contributed by atoms with E-state index in [0.29, 0.717) is 19.6 Å². The van der Waals surface area contributed by atoms with Crippen molar-refractivity contribution >= 4 is 5.91 Å². The molecule has 0 unspecified atom stereocenters. The molecule has 1 aromatic carbocycles. The molecule has 1 atom stereocenters. The molecular formula is C16H16N2O4. The topological polar surface area (TPSA) is 80.4 Å². The van der Waals surface area contributed by atoms with Crippen LogP contribution in [-0.2, 0) is 0 Å². The number of hydrogen-bond donors (Lipinski definition) is 2. The number of nitrogens with one attached hydrogen (secondary N) is 2. The quantitative estimate of drug-likeness (QED) is 0.893. The van der Waals surface area contributed by atoms with Crippen molar-refractivity contribution in [3.8, 4) is 11.5 Å². The molecule has 0 bridgehead atoms. The molecule has 0 saturated heterocycles. The van der Waals surface area contributed by atoms with Crippen molar-refractivity contribution in [2.45, 2.75) is 12.5 Å². The lowest BCUT2D eigenvalue weighted by molar-refractivity contribution is 0.0811. The van der Waals surface area contributed by atoms with Crippen LogP contribution in [0.15, 0.2) is 47.3 Å². The molecule has 2 N–H and O–H groups in total. The Kier molecular flexibility index (Phi) is 4.09. The van der Waals surface area contributed by atoms with Gasteiger partial charge in [0, 0.05) is 19.0 Å². The van der Waals surface area contributed by atoms with Crippen LogP contribution < -0.4 is 20.3 Å². The summed E-state index contributed by atoms with van der Waals surface area (Å²) in [5.74, 6) is 1.15. The predicted octanol–water partition coefficient (Wildman–Crippen LogP) is 1.33. The zero-order chi connectivity index (χ0) is 15.4. The lowest BCUT2D eigenvalue weighted by atomic mass is 10.2. The minimum absolute atomic E-state index is 0.106. The van der Waals surface area contributed by atoms with E-state index < -0.39 is 0 Å². The fourth-order valence-corrected chi connectivity index (χ4v) is 2.23. The summed E-state index contributed by atoms with van der Waals surface area (Å²) in [5.41, 5.74) is -0.0491. The van der Waals surface area contributed by atoms with E-state index in [1.165, 1.54) is 6.07 Å². The van der Waals surface area contributed by atoms with Crippen molar-refractivity contribution in [2.75, 3.05) is 13.2 Å². The molecule has 6 heteroatoms. The van der Waals surface area contributed by atoms with E-state index in [1.807, 2.05) is 24.3 Å². The second kappa shape index (κ2) is 6.34. The highest BCUT2D eigenvalue weighted by Gasteiger charge is 2.20. The minimum atomic E-state index is -0.310. The summed E-state index contributed by atoms with van der Waals surface area (Å²) in [6.07, 6.45) is 0.516. The highest BCUT2D eigenvalue weighted by Crippen LogP contribution is 2.31. The Hall–Kier alpha value is -2.76. The first-order valence-corrected chi connectivity index (χ1v) is 7.08. The molecule has 1 aliphatic rings. The zero-order valence-electron chi connectivity index (χ0n) is 11.9. The van der Waals surface area contributed by atoms with Gasteiger partial charge in [-0.2, -0.15) is 0 Å². The lowest BCUT2D eigenvalue weighted by Crippen LogP contribution is -2.34. The summed E-state index contributed by atoms with van der Waals surface area (Å²) in [6, 6.07) is 12.0. The van der Waals surface area contributed by atoms with Gasteiger partial charge in [0.25, 0.3) is 5.91 Å². The molecule has 0 aliphatic carbocycles. The number of benzene rings is 1. The van der Waals surface area contributed by atoms with Gasteiger partial charge in [-0.1, -0.05) is 18.2 Å². The van der Waals surface area contributed by atoms with Gasteiger partial charge in [-0.3, -0.25) is 9.59 Å². The van der Waals surface area contributed by atoms with Gasteiger partial charge in [0.1, 0.15) is 18.4 Å². The molecule has 6 nitrogen and oxygen atoms in total. The molecule has 0 saturated carbocycles. The van der Waals surface area contributed by atoms with Crippen molar-refractivity contribution in [3.05, 3.63) is 58.5 Å². The number of fused-ring (bicyclic) bond motifs is 1. The van der Waals surface area contributed by atoms with Crippen molar-refractivity contribution < 1.29 is 14.3 Å². The van der Waals surface area contributed by atoms with E-state index in [9.17, 15) is 9.59 Å². The van der Waals surface area contributed by atoms with Gasteiger partial charge in [-0.25, -0.2) is 0 Å². The number of carbonyl (C=O) groups is 1. The molecule has 3 rings (SSSR count). The molecule has 1 aromatic heterocycles. The smallest absolute Gasteiger partial charge is 0.267 e. The van der Waals surface area contributed by atoms with Crippen LogP contribution in [0.5, 0.6) is 11.5 Å². The maximum absolute atomic E-state index is 11.9. The van der Waals surface area contributed by atoms with Crippen LogP contribution in [0.2, 0.25) is 0 Å². The number of H-pyrrole nitrogens is 1. The summed E-state index contributed by atoms with van der Waals surface area (Å²) < 4.78 is 11.4. The van der Waals surface area contributed by atoms with Gasteiger partial charge >= 0.3 is 0 Å². The van der Waals surface area contributed by atoms with Crippen LogP contribution in [-0.4, -0.2) is 30.1 Å². The Balaban J connectivity index is 1.50. The largest absolute Gasteiger partial charge is 0.486 e. The number of amides is 1. The monoisotopic (exact) mass is 300 g/mol. The highest BCUT2D eigenvalue weighted by atomic mass is 16.6. The van der Waals surface area contributed by atoms with Crippen LogP contribution >= 0.6 is 0 Å². The number of pyridine rings is 1. The average Bonchev–Trinajstić information content (AvgIpc) is 2.54. The second-order valence-corrected chi connectivity index (χ2v) is 4.97. The number of ether oxygens (including phenoxy) is 2. The number of rotatable bonds is 4. The van der Waals surface area contributed by atoms with Gasteiger partial charge in [0.15, 0.2) is 11.5 Å². The first-order chi connectivity index (χ1) is 10.7. The number of para-hydroxylation sites is 2. The molecule has 0 radical (unpaired) electrons. The molecule has 0 fully saturated rings. The predicted molar refractivity (Wildman–Crippen MR) is 80.4 cm³/mol. The van der Waals surface area contributed by atoms with E-state index >= 15 is 0 Å². The third-order valence-corrected chi connectivity index (χ3v) is 3.33. The van der Waals surface area contributed by atoms with Gasteiger partial charge in [-0.05, 0) is 18.2 Å². The molecule has 22 heavy (non-hydrogen) atoms. The van der Waals surface area contributed by atoms with Gasteiger partial charge in [0.05, 0.1) is 0 Å². The summed E-state index contributed by atoms with van der Waals surface area (Å²) in [6.45, 7) is 0.890. The Morgan fingerprint density at radius 3 is 2.82 bits per heavy atom. The minimum Gasteiger partial charge on any atom is -0.486 e. The maximum Gasteiger partial charge on any atom is 0.267 e. The lowest BCUT2D eigenvalue weighted by Gasteiger charge is -2.26. The third-order valence-electron chi connectivity index (χ3n) is 3.33. The Morgan fingerprint density at radius 2 is 2.00 bits per heavy atom. The summed E-state index contributed by atoms with van der Waals surface area (Å²) in [7, 11) is 0. The SMILES string of the molecule is O=C(NCC[C@@H]1COc2ccccc2O1)c1cccc(=O)[nH]1. The van der Waals surface area contributed by atoms with Crippen molar-refractivity contribution in [2.24, 2.45) is 0 Å². The van der Waals surface area contributed by atoms with Crippen LogP contribution in [0.25, 0.3) is 0 Å². The average molecular weight is 300 g/mol. The Bertz CT molecular complexity index is 726. The van der Waals surface area contributed by atoms with Crippen LogP contribution in [0.4, 0.5) is 0 Å². The summed E-state index contributed by atoms with van der Waals surface area (Å²) >= 11 is 0. The van der Waals surface area contributed by atoms with Gasteiger partial charge in [-0.15, -0.1) is 0 Å². The molecule has 114 valence electrons. The first kappa shape index (κ1) is 14.2. The number of hydrogen-bond acceptors (Lipinski definition) is 4. The molecule has 2 aromatic rings. The van der Waals surface area contributed by atoms with E-state index in [1.54, 1.807) is 12.1 Å². The third kappa shape index (κ3) is 3.28. The standard InChI is InChI=1S/C16H16N2O4/c19-15-7-3-4-12(18-15)16(20)17-9-8-11-10-21-13-5-1-2-6-14(13)22-11/h1-7,11H,8-10H2,(H,17,20)(H,18,19)/t11-/m1/s1. The van der Waals surface area contributed by atoms with Gasteiger partial charge in [0.2, 0.25) is 5.56 Å². The number of aromatic amines is 1. The molecular weight excluding hydrogens is 284 g/mol. The normalized spacial score (nSPS) is 16.1. The molecule has 2 heterocycles. The fourth-order valence-electron chi connectivity index (χ4n) is 2.23. The summed E-state index contributed by atoms with van der Waals surface area (Å²) in [5, 5.41) is 2.75. The molecule has 0 spiro atoms. The van der Waals surface area contributed by atoms with E-state index in [2.05, 4.69) is 10.3 Å². The van der Waals surface area contributed by atoms with E-state index in [4.69, 9.17) is 9.47 Å². The Labute approximate surface area is 127 Å². The van der Waals surface area contributed by atoms with Crippen LogP contribution in [0.1, 0.15) is 16.9 Å². The van der Waals surface area contributed by atoms with E-state index in [-0.39, 0.29) is 23.3 Å². The van der Waals surface area contributed by atoms with Gasteiger partial charge < -0.3 is 19.8 Å². The highest BCUT2D eigenvalue weighted by molar-refractivity contribution is 5.92. The van der Waals surface area contributed by atoms with Crippen molar-refractivity contribution in [1.82, 2.24) is 10.3 Å². The van der Waals surface area contributed by atoms with Crippen LogP contribution in [0.3, 0.4) is 0 Å². The van der Waals surface area contributed by atoms with E-state index in [0.717, 1.165) is 11.5 Å². The van der Waals surface area contributed by atoms with Crippen molar-refractivity contribution in [1.29, 1.82) is 0 Å². The Morgan fingerprint density at radius 1 is 1.18 bits per heavy atom. The first-order valence-electron chi connectivity index (χ1n) is 7.08. The van der Waals surface area contributed by atoms with Crippen LogP contribution in [0, 0.1) is 0 Å². The molecule has 1 aliphatic heterocycles. The number of aromatic nitrogens is 1. The van der Waals surface area contributed by atoms with Crippen molar-refractivity contribution in [3.63, 3.8) is 0 Å².